The maximum absolute atomic E-state index is 11.0. The highest BCUT2D eigenvalue weighted by Gasteiger charge is 2.28. The third-order valence-electron chi connectivity index (χ3n) is 2.13. The van der Waals surface area contributed by atoms with Gasteiger partial charge in [0.25, 0.3) is 0 Å². The first kappa shape index (κ1) is 11.6. The van der Waals surface area contributed by atoms with Gasteiger partial charge in [0.05, 0.1) is 6.10 Å². The summed E-state index contributed by atoms with van der Waals surface area (Å²) in [7, 11) is 0. The van der Waals surface area contributed by atoms with Crippen LogP contribution in [0.25, 0.3) is 0 Å². The van der Waals surface area contributed by atoms with Crippen molar-refractivity contribution >= 4 is 5.97 Å². The number of aliphatic hydroxyl groups excluding tert-OH is 1. The predicted molar refractivity (Wildman–Crippen MR) is 52.5 cm³/mol. The fourth-order valence-corrected chi connectivity index (χ4v) is 1.44. The third-order valence-corrected chi connectivity index (χ3v) is 2.13. The van der Waals surface area contributed by atoms with Crippen LogP contribution >= 0.6 is 0 Å². The zero-order chi connectivity index (χ0) is 11.6. The predicted octanol–water partition coefficient (Wildman–Crippen LogP) is 0.408. The van der Waals surface area contributed by atoms with E-state index < -0.39 is 18.1 Å². The van der Waals surface area contributed by atoms with Gasteiger partial charge in [-0.3, -0.25) is 0 Å². The van der Waals surface area contributed by atoms with Crippen LogP contribution in [0.1, 0.15) is 38.6 Å². The van der Waals surface area contributed by atoms with Crippen molar-refractivity contribution in [2.24, 2.45) is 0 Å². The van der Waals surface area contributed by atoms with Crippen LogP contribution in [0.15, 0.2) is 6.33 Å². The van der Waals surface area contributed by atoms with Crippen molar-refractivity contribution in [2.45, 2.75) is 38.8 Å². The van der Waals surface area contributed by atoms with E-state index in [9.17, 15) is 9.90 Å². The number of aliphatic carboxylic acids is 1. The van der Waals surface area contributed by atoms with Crippen molar-refractivity contribution in [1.29, 1.82) is 0 Å². The second-order valence-corrected chi connectivity index (χ2v) is 3.77. The van der Waals surface area contributed by atoms with Gasteiger partial charge in [-0.2, -0.15) is 0 Å². The van der Waals surface area contributed by atoms with E-state index in [0.717, 1.165) is 0 Å². The molecule has 0 aliphatic rings. The van der Waals surface area contributed by atoms with E-state index in [-0.39, 0.29) is 5.92 Å². The second-order valence-electron chi connectivity index (χ2n) is 3.77. The van der Waals surface area contributed by atoms with Crippen LogP contribution in [0.4, 0.5) is 0 Å². The lowest BCUT2D eigenvalue weighted by atomic mass is 10.1. The Bertz CT molecular complexity index is 346. The van der Waals surface area contributed by atoms with Gasteiger partial charge in [-0.05, 0) is 6.92 Å². The van der Waals surface area contributed by atoms with Crippen LogP contribution in [0.5, 0.6) is 0 Å². The Morgan fingerprint density at radius 3 is 2.47 bits per heavy atom. The number of carboxylic acids is 1. The minimum atomic E-state index is -1.09. The Hall–Kier alpha value is -1.43. The summed E-state index contributed by atoms with van der Waals surface area (Å²) in [6.07, 6.45) is 0.344. The van der Waals surface area contributed by atoms with Crippen LogP contribution in [-0.2, 0) is 4.79 Å². The molecule has 2 N–H and O–H groups in total. The molecule has 0 fully saturated rings. The summed E-state index contributed by atoms with van der Waals surface area (Å²) in [6.45, 7) is 5.21. The highest BCUT2D eigenvalue weighted by molar-refractivity contribution is 5.72. The van der Waals surface area contributed by atoms with Gasteiger partial charge in [-0.15, -0.1) is 10.2 Å². The van der Waals surface area contributed by atoms with Crippen LogP contribution in [0, 0.1) is 0 Å². The summed E-state index contributed by atoms with van der Waals surface area (Å²) < 4.78 is 1.40. The van der Waals surface area contributed by atoms with E-state index >= 15 is 0 Å². The summed E-state index contributed by atoms with van der Waals surface area (Å²) in [4.78, 5) is 11.0. The van der Waals surface area contributed by atoms with E-state index in [1.54, 1.807) is 0 Å². The Morgan fingerprint density at radius 1 is 1.47 bits per heavy atom. The van der Waals surface area contributed by atoms with E-state index in [1.807, 2.05) is 13.8 Å². The molecule has 2 unspecified atom stereocenters. The first-order valence-electron chi connectivity index (χ1n) is 4.75. The number of hydrogen-bond acceptors (Lipinski definition) is 4. The fourth-order valence-electron chi connectivity index (χ4n) is 1.44. The summed E-state index contributed by atoms with van der Waals surface area (Å²) >= 11 is 0. The van der Waals surface area contributed by atoms with Gasteiger partial charge in [-0.1, -0.05) is 13.8 Å². The number of carboxylic acid groups (broad SMARTS) is 1. The van der Waals surface area contributed by atoms with Gasteiger partial charge in [0.15, 0.2) is 6.04 Å². The quantitative estimate of drug-likeness (QED) is 0.756. The first-order chi connectivity index (χ1) is 6.95. The Morgan fingerprint density at radius 2 is 2.07 bits per heavy atom. The van der Waals surface area contributed by atoms with Crippen molar-refractivity contribution < 1.29 is 15.0 Å². The van der Waals surface area contributed by atoms with E-state index in [0.29, 0.717) is 5.82 Å². The normalized spacial score (nSPS) is 15.3. The molecule has 6 heteroatoms. The summed E-state index contributed by atoms with van der Waals surface area (Å²) in [6, 6.07) is -1.03. The van der Waals surface area contributed by atoms with Crippen LogP contribution in [-0.4, -0.2) is 37.1 Å². The molecule has 0 bridgehead atoms. The minimum Gasteiger partial charge on any atom is -0.480 e. The molecule has 0 aliphatic carbocycles. The molecule has 0 amide bonds. The van der Waals surface area contributed by atoms with Gasteiger partial charge in [0, 0.05) is 5.92 Å². The zero-order valence-electron chi connectivity index (χ0n) is 8.95. The number of rotatable bonds is 4. The molecule has 0 aliphatic heterocycles. The number of carbonyl (C=O) groups is 1. The monoisotopic (exact) mass is 213 g/mol. The molecule has 1 aromatic rings. The number of hydrogen-bond donors (Lipinski definition) is 2. The van der Waals surface area contributed by atoms with Crippen molar-refractivity contribution in [2.75, 3.05) is 0 Å². The van der Waals surface area contributed by atoms with Gasteiger partial charge >= 0.3 is 5.97 Å². The molecule has 0 saturated carbocycles. The molecular weight excluding hydrogens is 198 g/mol. The minimum absolute atomic E-state index is 0.0631. The van der Waals surface area contributed by atoms with Gasteiger partial charge in [0.2, 0.25) is 0 Å². The second kappa shape index (κ2) is 4.39. The molecule has 0 spiro atoms. The maximum Gasteiger partial charge on any atom is 0.329 e. The van der Waals surface area contributed by atoms with Crippen LogP contribution in [0.3, 0.4) is 0 Å². The summed E-state index contributed by atoms with van der Waals surface area (Å²) in [5.74, 6) is -0.469. The third kappa shape index (κ3) is 2.33. The topological polar surface area (TPSA) is 88.2 Å². The molecule has 0 radical (unpaired) electrons. The zero-order valence-corrected chi connectivity index (χ0v) is 8.95. The molecule has 6 nitrogen and oxygen atoms in total. The fraction of sp³-hybridized carbons (Fsp3) is 0.667. The largest absolute Gasteiger partial charge is 0.480 e. The standard InChI is InChI=1S/C9H15N3O3/c1-5(2)8-11-10-4-12(8)7(6(3)13)9(14)15/h4-7,13H,1-3H3,(H,14,15). The SMILES string of the molecule is CC(C)c1nncn1C(C(=O)O)C(C)O. The molecule has 15 heavy (non-hydrogen) atoms. The molecule has 1 rings (SSSR count). The van der Waals surface area contributed by atoms with Gasteiger partial charge in [-0.25, -0.2) is 4.79 Å². The first-order valence-corrected chi connectivity index (χ1v) is 4.75. The number of nitrogens with zero attached hydrogens (tertiary/aromatic N) is 3. The lowest BCUT2D eigenvalue weighted by Crippen LogP contribution is -2.30. The van der Waals surface area contributed by atoms with Gasteiger partial charge in [0.1, 0.15) is 12.2 Å². The average molecular weight is 213 g/mol. The van der Waals surface area contributed by atoms with Crippen LogP contribution in [0.2, 0.25) is 0 Å². The van der Waals surface area contributed by atoms with E-state index in [4.69, 9.17) is 5.11 Å². The smallest absolute Gasteiger partial charge is 0.329 e. The molecular formula is C9H15N3O3. The van der Waals surface area contributed by atoms with Crippen LogP contribution < -0.4 is 0 Å². The van der Waals surface area contributed by atoms with E-state index in [2.05, 4.69) is 10.2 Å². The molecule has 0 aromatic carbocycles. The average Bonchev–Trinajstić information content (AvgIpc) is 2.51. The van der Waals surface area contributed by atoms with Crippen molar-refractivity contribution in [1.82, 2.24) is 14.8 Å². The molecule has 84 valence electrons. The number of aromatic nitrogens is 3. The Labute approximate surface area is 87.6 Å². The van der Waals surface area contributed by atoms with Gasteiger partial charge < -0.3 is 14.8 Å². The van der Waals surface area contributed by atoms with Crippen molar-refractivity contribution in [3.05, 3.63) is 12.2 Å². The van der Waals surface area contributed by atoms with Crippen molar-refractivity contribution in [3.8, 4) is 0 Å². The number of aliphatic hydroxyl groups is 1. The highest BCUT2D eigenvalue weighted by Crippen LogP contribution is 2.19. The summed E-state index contributed by atoms with van der Waals surface area (Å²) in [5, 5.41) is 25.9. The lowest BCUT2D eigenvalue weighted by Gasteiger charge is -2.19. The molecule has 1 heterocycles. The molecule has 1 aromatic heterocycles. The van der Waals surface area contributed by atoms with E-state index in [1.165, 1.54) is 17.8 Å². The van der Waals surface area contributed by atoms with Crippen molar-refractivity contribution in [3.63, 3.8) is 0 Å². The Balaban J connectivity index is 3.11. The molecule has 0 saturated heterocycles. The Kier molecular flexibility index (Phi) is 3.41. The highest BCUT2D eigenvalue weighted by atomic mass is 16.4. The lowest BCUT2D eigenvalue weighted by molar-refractivity contribution is -0.144. The molecule has 2 atom stereocenters. The summed E-state index contributed by atoms with van der Waals surface area (Å²) in [5.41, 5.74) is 0. The maximum atomic E-state index is 11.0.